The third-order valence-electron chi connectivity index (χ3n) is 4.76. The summed E-state index contributed by atoms with van der Waals surface area (Å²) < 4.78 is 37.7. The van der Waals surface area contributed by atoms with Crippen LogP contribution in [0.5, 0.6) is 11.5 Å². The van der Waals surface area contributed by atoms with Gasteiger partial charge in [0.2, 0.25) is 15.9 Å². The molecule has 10 heteroatoms. The van der Waals surface area contributed by atoms with Gasteiger partial charge in [0.15, 0.2) is 11.5 Å². The first-order chi connectivity index (χ1) is 12.9. The largest absolute Gasteiger partial charge is 0.493 e. The number of hydrogen-bond donors (Lipinski definition) is 2. The Morgan fingerprint density at radius 2 is 1.82 bits per heavy atom. The zero-order chi connectivity index (χ0) is 19.9. The molecule has 0 spiro atoms. The number of rotatable bonds is 9. The smallest absolute Gasteiger partial charge is 0.243 e. The van der Waals surface area contributed by atoms with Crippen molar-refractivity contribution in [1.82, 2.24) is 14.9 Å². The molecule has 1 aromatic rings. The van der Waals surface area contributed by atoms with Gasteiger partial charge in [-0.3, -0.25) is 4.79 Å². The highest BCUT2D eigenvalue weighted by Crippen LogP contribution is 2.31. The van der Waals surface area contributed by atoms with Crippen molar-refractivity contribution < 1.29 is 22.7 Å². The first-order valence-corrected chi connectivity index (χ1v) is 10.5. The third-order valence-corrected chi connectivity index (χ3v) is 6.65. The molecule has 0 radical (unpaired) electrons. The number of methoxy groups -OCH3 is 2. The molecule has 28 heavy (non-hydrogen) atoms. The second-order valence-corrected chi connectivity index (χ2v) is 8.46. The van der Waals surface area contributed by atoms with E-state index in [1.807, 2.05) is 7.05 Å². The number of amides is 1. The van der Waals surface area contributed by atoms with Gasteiger partial charge >= 0.3 is 0 Å². The number of ether oxygens (including phenoxy) is 2. The number of halogens is 1. The van der Waals surface area contributed by atoms with Crippen LogP contribution in [0.2, 0.25) is 0 Å². The molecule has 2 rings (SSSR count). The first-order valence-electron chi connectivity index (χ1n) is 9.05. The van der Waals surface area contributed by atoms with Gasteiger partial charge in [-0.2, -0.15) is 4.31 Å². The van der Waals surface area contributed by atoms with Crippen LogP contribution in [0.4, 0.5) is 0 Å². The minimum absolute atomic E-state index is 0. The van der Waals surface area contributed by atoms with Crippen molar-refractivity contribution in [2.24, 2.45) is 5.92 Å². The van der Waals surface area contributed by atoms with E-state index in [0.717, 1.165) is 12.8 Å². The topological polar surface area (TPSA) is 97.0 Å². The summed E-state index contributed by atoms with van der Waals surface area (Å²) in [5, 5.41) is 5.86. The van der Waals surface area contributed by atoms with Crippen LogP contribution in [0.3, 0.4) is 0 Å². The summed E-state index contributed by atoms with van der Waals surface area (Å²) in [5.74, 6) is 1.19. The van der Waals surface area contributed by atoms with Crippen LogP contribution in [-0.4, -0.2) is 66.1 Å². The molecule has 1 aliphatic rings. The Bertz CT molecular complexity index is 737. The molecule has 1 aromatic carbocycles. The molecule has 8 nitrogen and oxygen atoms in total. The van der Waals surface area contributed by atoms with Crippen LogP contribution in [-0.2, 0) is 14.8 Å². The van der Waals surface area contributed by atoms with E-state index in [0.29, 0.717) is 50.0 Å². The summed E-state index contributed by atoms with van der Waals surface area (Å²) in [4.78, 5) is 11.9. The Hall–Kier alpha value is -1.55. The van der Waals surface area contributed by atoms with E-state index in [9.17, 15) is 13.2 Å². The van der Waals surface area contributed by atoms with E-state index in [2.05, 4.69) is 10.6 Å². The summed E-state index contributed by atoms with van der Waals surface area (Å²) in [6.07, 6.45) is 1.89. The standard InChI is InChI=1S/C18H29N3O5S.ClH/c1-19-9-6-18(22)20-13-14-7-10-21(11-8-14)27(23,24)15-4-5-16(25-2)17(12-15)26-3;/h4-5,12,14,19H,6-11,13H2,1-3H3,(H,20,22);1H. The van der Waals surface area contributed by atoms with E-state index >= 15 is 0 Å². The Balaban J connectivity index is 0.00000392. The van der Waals surface area contributed by atoms with Gasteiger partial charge in [0.05, 0.1) is 19.1 Å². The van der Waals surface area contributed by atoms with Crippen molar-refractivity contribution >= 4 is 28.3 Å². The molecule has 0 atom stereocenters. The Morgan fingerprint density at radius 1 is 1.18 bits per heavy atom. The monoisotopic (exact) mass is 435 g/mol. The lowest BCUT2D eigenvalue weighted by Crippen LogP contribution is -2.41. The summed E-state index contributed by atoms with van der Waals surface area (Å²) >= 11 is 0. The molecule has 0 saturated carbocycles. The molecule has 0 aromatic heterocycles. The van der Waals surface area contributed by atoms with Crippen molar-refractivity contribution in [3.05, 3.63) is 18.2 Å². The molecular weight excluding hydrogens is 406 g/mol. The number of hydrogen-bond acceptors (Lipinski definition) is 6. The van der Waals surface area contributed by atoms with Crippen LogP contribution in [0.25, 0.3) is 0 Å². The average Bonchev–Trinajstić information content (AvgIpc) is 2.70. The lowest BCUT2D eigenvalue weighted by atomic mass is 9.98. The molecule has 1 saturated heterocycles. The SMILES string of the molecule is CNCCC(=O)NCC1CCN(S(=O)(=O)c2ccc(OC)c(OC)c2)CC1.Cl. The Labute approximate surface area is 173 Å². The fourth-order valence-electron chi connectivity index (χ4n) is 3.06. The van der Waals surface area contributed by atoms with E-state index in [4.69, 9.17) is 9.47 Å². The summed E-state index contributed by atoms with van der Waals surface area (Å²) in [6.45, 7) is 2.11. The number of carbonyl (C=O) groups excluding carboxylic acids is 1. The molecule has 1 fully saturated rings. The van der Waals surface area contributed by atoms with Gasteiger partial charge in [-0.1, -0.05) is 0 Å². The second-order valence-electron chi connectivity index (χ2n) is 6.52. The minimum Gasteiger partial charge on any atom is -0.493 e. The molecule has 160 valence electrons. The van der Waals surface area contributed by atoms with E-state index in [1.165, 1.54) is 30.7 Å². The van der Waals surface area contributed by atoms with Crippen LogP contribution in [0.1, 0.15) is 19.3 Å². The Morgan fingerprint density at radius 3 is 2.39 bits per heavy atom. The molecule has 0 aliphatic carbocycles. The van der Waals surface area contributed by atoms with Crippen LogP contribution in [0.15, 0.2) is 23.1 Å². The Kier molecular flexibility index (Phi) is 10.0. The maximum atomic E-state index is 12.9. The zero-order valence-electron chi connectivity index (χ0n) is 16.6. The summed E-state index contributed by atoms with van der Waals surface area (Å²) in [6, 6.07) is 4.62. The zero-order valence-corrected chi connectivity index (χ0v) is 18.2. The van der Waals surface area contributed by atoms with E-state index in [-0.39, 0.29) is 23.2 Å². The number of piperidine rings is 1. The van der Waals surface area contributed by atoms with E-state index < -0.39 is 10.0 Å². The van der Waals surface area contributed by atoms with Gasteiger partial charge < -0.3 is 20.1 Å². The summed E-state index contributed by atoms with van der Waals surface area (Å²) in [5.41, 5.74) is 0. The highest BCUT2D eigenvalue weighted by atomic mass is 35.5. The molecule has 0 bridgehead atoms. The quantitative estimate of drug-likeness (QED) is 0.606. The van der Waals surface area contributed by atoms with Crippen molar-refractivity contribution in [1.29, 1.82) is 0 Å². The van der Waals surface area contributed by atoms with Crippen LogP contribution < -0.4 is 20.1 Å². The van der Waals surface area contributed by atoms with Gasteiger partial charge in [-0.05, 0) is 37.9 Å². The molecule has 2 N–H and O–H groups in total. The van der Waals surface area contributed by atoms with Gasteiger partial charge in [-0.25, -0.2) is 8.42 Å². The summed E-state index contributed by atoms with van der Waals surface area (Å²) in [7, 11) is 1.21. The fraction of sp³-hybridized carbons (Fsp3) is 0.611. The highest BCUT2D eigenvalue weighted by molar-refractivity contribution is 7.89. The van der Waals surface area contributed by atoms with Gasteiger partial charge in [0, 0.05) is 38.7 Å². The predicted molar refractivity (Wildman–Crippen MR) is 110 cm³/mol. The van der Waals surface area contributed by atoms with Crippen molar-refractivity contribution in [2.75, 3.05) is 47.4 Å². The molecule has 1 aliphatic heterocycles. The number of sulfonamides is 1. The third kappa shape index (κ3) is 6.23. The van der Waals surface area contributed by atoms with Crippen molar-refractivity contribution in [2.45, 2.75) is 24.2 Å². The maximum absolute atomic E-state index is 12.9. The lowest BCUT2D eigenvalue weighted by molar-refractivity contribution is -0.121. The molecule has 1 amide bonds. The van der Waals surface area contributed by atoms with Crippen molar-refractivity contribution in [3.63, 3.8) is 0 Å². The van der Waals surface area contributed by atoms with Gasteiger partial charge in [-0.15, -0.1) is 12.4 Å². The number of carbonyl (C=O) groups is 1. The number of nitrogens with one attached hydrogen (secondary N) is 2. The van der Waals surface area contributed by atoms with E-state index in [1.54, 1.807) is 6.07 Å². The molecular formula is C18H30ClN3O5S. The van der Waals surface area contributed by atoms with Gasteiger partial charge in [0.25, 0.3) is 0 Å². The normalized spacial score (nSPS) is 15.5. The fourth-order valence-corrected chi connectivity index (χ4v) is 4.55. The lowest BCUT2D eigenvalue weighted by Gasteiger charge is -2.31. The average molecular weight is 436 g/mol. The highest BCUT2D eigenvalue weighted by Gasteiger charge is 2.30. The predicted octanol–water partition coefficient (Wildman–Crippen LogP) is 1.25. The number of benzene rings is 1. The molecule has 0 unspecified atom stereocenters. The molecule has 1 heterocycles. The number of nitrogens with zero attached hydrogens (tertiary/aromatic N) is 1. The van der Waals surface area contributed by atoms with Gasteiger partial charge in [0.1, 0.15) is 0 Å². The van der Waals surface area contributed by atoms with Crippen LogP contribution in [0, 0.1) is 5.92 Å². The second kappa shape index (κ2) is 11.5. The minimum atomic E-state index is -3.58. The maximum Gasteiger partial charge on any atom is 0.243 e. The van der Waals surface area contributed by atoms with Crippen LogP contribution >= 0.6 is 12.4 Å². The van der Waals surface area contributed by atoms with Crippen molar-refractivity contribution in [3.8, 4) is 11.5 Å². The first kappa shape index (κ1) is 24.5.